The molecule has 3 aromatic rings. The summed E-state index contributed by atoms with van der Waals surface area (Å²) in [5, 5.41) is 8.18. The number of methoxy groups -OCH3 is 1. The average Bonchev–Trinajstić information content (AvgIpc) is 3.26. The molecule has 0 atom stereocenters. The van der Waals surface area contributed by atoms with Crippen molar-refractivity contribution in [3.8, 4) is 5.75 Å². The Bertz CT molecular complexity index is 1030. The number of nitrogens with one attached hydrogen (secondary N) is 1. The Morgan fingerprint density at radius 2 is 1.81 bits per heavy atom. The number of aromatic nitrogens is 2. The number of rotatable bonds is 7. The van der Waals surface area contributed by atoms with Crippen molar-refractivity contribution in [2.24, 2.45) is 0 Å². The maximum Gasteiger partial charge on any atom is 0.254 e. The molecule has 6 nitrogen and oxygen atoms in total. The SMILES string of the molecule is COc1ccccc1CN1CCC(NC(=O)c2cnn(Cc3ccccc3Cl)c2)CC1. The van der Waals surface area contributed by atoms with Crippen LogP contribution in [0.2, 0.25) is 5.02 Å². The number of benzene rings is 2. The van der Waals surface area contributed by atoms with Gasteiger partial charge in [0.2, 0.25) is 0 Å². The van der Waals surface area contributed by atoms with Crippen LogP contribution < -0.4 is 10.1 Å². The molecule has 1 fully saturated rings. The Hall–Kier alpha value is -2.83. The maximum absolute atomic E-state index is 12.7. The van der Waals surface area contributed by atoms with Gasteiger partial charge in [-0.05, 0) is 30.5 Å². The number of halogens is 1. The lowest BCUT2D eigenvalue weighted by Gasteiger charge is -2.32. The molecule has 0 radical (unpaired) electrons. The maximum atomic E-state index is 12.7. The molecule has 0 unspecified atom stereocenters. The van der Waals surface area contributed by atoms with Crippen LogP contribution in [0.4, 0.5) is 0 Å². The molecule has 1 aliphatic heterocycles. The highest BCUT2D eigenvalue weighted by atomic mass is 35.5. The van der Waals surface area contributed by atoms with Gasteiger partial charge in [0.25, 0.3) is 5.91 Å². The van der Waals surface area contributed by atoms with E-state index in [4.69, 9.17) is 16.3 Å². The predicted octanol–water partition coefficient (Wildman–Crippen LogP) is 3.99. The standard InChI is InChI=1S/C24H27ClN4O2/c1-31-23-9-5-3-7-19(23)15-28-12-10-21(11-13-28)27-24(30)20-14-26-29(17-20)16-18-6-2-4-8-22(18)25/h2-9,14,17,21H,10-13,15-16H2,1H3,(H,27,30). The van der Waals surface area contributed by atoms with E-state index in [1.165, 1.54) is 5.56 Å². The number of hydrogen-bond acceptors (Lipinski definition) is 4. The Morgan fingerprint density at radius 3 is 2.55 bits per heavy atom. The topological polar surface area (TPSA) is 59.4 Å². The summed E-state index contributed by atoms with van der Waals surface area (Å²) < 4.78 is 7.20. The summed E-state index contributed by atoms with van der Waals surface area (Å²) in [6, 6.07) is 16.0. The second-order valence-corrected chi connectivity index (χ2v) is 8.26. The van der Waals surface area contributed by atoms with E-state index in [-0.39, 0.29) is 11.9 Å². The minimum absolute atomic E-state index is 0.0754. The van der Waals surface area contributed by atoms with Gasteiger partial charge < -0.3 is 10.1 Å². The molecule has 162 valence electrons. The molecule has 2 aromatic carbocycles. The van der Waals surface area contributed by atoms with Crippen molar-refractivity contribution in [3.05, 3.63) is 82.6 Å². The molecule has 1 aliphatic rings. The molecule has 2 heterocycles. The van der Waals surface area contributed by atoms with E-state index in [1.54, 1.807) is 24.2 Å². The van der Waals surface area contributed by atoms with Crippen LogP contribution in [0.3, 0.4) is 0 Å². The van der Waals surface area contributed by atoms with Gasteiger partial charge in [-0.2, -0.15) is 5.10 Å². The largest absolute Gasteiger partial charge is 0.496 e. The minimum atomic E-state index is -0.0754. The fraction of sp³-hybridized carbons (Fsp3) is 0.333. The van der Waals surface area contributed by atoms with Crippen LogP contribution in [-0.2, 0) is 13.1 Å². The fourth-order valence-electron chi connectivity index (χ4n) is 3.95. The summed E-state index contributed by atoms with van der Waals surface area (Å²) in [4.78, 5) is 15.1. The minimum Gasteiger partial charge on any atom is -0.496 e. The smallest absolute Gasteiger partial charge is 0.254 e. The van der Waals surface area contributed by atoms with Gasteiger partial charge in [0.1, 0.15) is 5.75 Å². The highest BCUT2D eigenvalue weighted by Crippen LogP contribution is 2.22. The average molecular weight is 439 g/mol. The summed E-state index contributed by atoms with van der Waals surface area (Å²) in [6.45, 7) is 3.28. The highest BCUT2D eigenvalue weighted by Gasteiger charge is 2.22. The fourth-order valence-corrected chi connectivity index (χ4v) is 4.14. The van der Waals surface area contributed by atoms with E-state index in [2.05, 4.69) is 21.4 Å². The van der Waals surface area contributed by atoms with Gasteiger partial charge in [-0.3, -0.25) is 14.4 Å². The molecule has 31 heavy (non-hydrogen) atoms. The Labute approximate surface area is 187 Å². The van der Waals surface area contributed by atoms with Crippen molar-refractivity contribution in [2.75, 3.05) is 20.2 Å². The van der Waals surface area contributed by atoms with E-state index in [1.807, 2.05) is 42.5 Å². The number of likely N-dealkylation sites (tertiary alicyclic amines) is 1. The summed E-state index contributed by atoms with van der Waals surface area (Å²) >= 11 is 6.22. The van der Waals surface area contributed by atoms with E-state index in [0.717, 1.165) is 43.8 Å². The lowest BCUT2D eigenvalue weighted by Crippen LogP contribution is -2.44. The van der Waals surface area contributed by atoms with Crippen molar-refractivity contribution in [2.45, 2.75) is 32.0 Å². The van der Waals surface area contributed by atoms with Crippen LogP contribution in [-0.4, -0.2) is 46.8 Å². The van der Waals surface area contributed by atoms with Gasteiger partial charge in [-0.25, -0.2) is 0 Å². The first-order valence-corrected chi connectivity index (χ1v) is 10.9. The summed E-state index contributed by atoms with van der Waals surface area (Å²) in [6.07, 6.45) is 5.24. The normalized spacial score (nSPS) is 15.0. The van der Waals surface area contributed by atoms with Crippen molar-refractivity contribution in [3.63, 3.8) is 0 Å². The molecule has 0 bridgehead atoms. The molecule has 1 aromatic heterocycles. The first-order chi connectivity index (χ1) is 15.1. The first-order valence-electron chi connectivity index (χ1n) is 10.5. The van der Waals surface area contributed by atoms with Gasteiger partial charge >= 0.3 is 0 Å². The van der Waals surface area contributed by atoms with Crippen molar-refractivity contribution >= 4 is 17.5 Å². The van der Waals surface area contributed by atoms with Crippen molar-refractivity contribution in [1.29, 1.82) is 0 Å². The van der Waals surface area contributed by atoms with Crippen molar-refractivity contribution < 1.29 is 9.53 Å². The van der Waals surface area contributed by atoms with Crippen LogP contribution in [0.5, 0.6) is 5.75 Å². The lowest BCUT2D eigenvalue weighted by molar-refractivity contribution is 0.0908. The monoisotopic (exact) mass is 438 g/mol. The Balaban J connectivity index is 1.27. The molecule has 7 heteroatoms. The molecule has 1 saturated heterocycles. The number of nitrogens with zero attached hydrogens (tertiary/aromatic N) is 3. The molecule has 1 amide bonds. The first kappa shape index (κ1) is 21.4. The lowest BCUT2D eigenvalue weighted by atomic mass is 10.0. The van der Waals surface area contributed by atoms with Gasteiger partial charge in [0.05, 0.1) is 25.4 Å². The number of ether oxygens (including phenoxy) is 1. The zero-order valence-electron chi connectivity index (χ0n) is 17.6. The second-order valence-electron chi connectivity index (χ2n) is 7.85. The van der Waals surface area contributed by atoms with E-state index >= 15 is 0 Å². The molecule has 0 saturated carbocycles. The molecule has 1 N–H and O–H groups in total. The van der Waals surface area contributed by atoms with Gasteiger partial charge in [-0.15, -0.1) is 0 Å². The van der Waals surface area contributed by atoms with E-state index < -0.39 is 0 Å². The number of hydrogen-bond donors (Lipinski definition) is 1. The number of amides is 1. The number of piperidine rings is 1. The predicted molar refractivity (Wildman–Crippen MR) is 122 cm³/mol. The van der Waals surface area contributed by atoms with Crippen LogP contribution >= 0.6 is 11.6 Å². The summed E-state index contributed by atoms with van der Waals surface area (Å²) in [5.74, 6) is 0.848. The Morgan fingerprint density at radius 1 is 1.10 bits per heavy atom. The zero-order chi connectivity index (χ0) is 21.6. The zero-order valence-corrected chi connectivity index (χ0v) is 18.4. The molecular formula is C24H27ClN4O2. The third kappa shape index (κ3) is 5.46. The summed E-state index contributed by atoms with van der Waals surface area (Å²) in [5.41, 5.74) is 2.74. The van der Waals surface area contributed by atoms with E-state index in [0.29, 0.717) is 17.1 Å². The van der Waals surface area contributed by atoms with Gasteiger partial charge in [0.15, 0.2) is 0 Å². The van der Waals surface area contributed by atoms with Crippen molar-refractivity contribution in [1.82, 2.24) is 20.0 Å². The highest BCUT2D eigenvalue weighted by molar-refractivity contribution is 6.31. The number of para-hydroxylation sites is 1. The van der Waals surface area contributed by atoms with E-state index in [9.17, 15) is 4.79 Å². The number of carbonyl (C=O) groups is 1. The van der Waals surface area contributed by atoms with Crippen LogP contribution in [0.25, 0.3) is 0 Å². The molecule has 0 aliphatic carbocycles. The van der Waals surface area contributed by atoms with Crippen LogP contribution in [0, 0.1) is 0 Å². The quantitative estimate of drug-likeness (QED) is 0.606. The second kappa shape index (κ2) is 9.98. The molecule has 0 spiro atoms. The van der Waals surface area contributed by atoms with Gasteiger partial charge in [0, 0.05) is 42.5 Å². The van der Waals surface area contributed by atoms with Crippen LogP contribution in [0.1, 0.15) is 34.3 Å². The third-order valence-electron chi connectivity index (χ3n) is 5.69. The summed E-state index contributed by atoms with van der Waals surface area (Å²) in [7, 11) is 1.71. The Kier molecular flexibility index (Phi) is 6.89. The third-order valence-corrected chi connectivity index (χ3v) is 6.06. The van der Waals surface area contributed by atoms with Crippen LogP contribution in [0.15, 0.2) is 60.9 Å². The molecular weight excluding hydrogens is 412 g/mol. The number of carbonyl (C=O) groups excluding carboxylic acids is 1. The van der Waals surface area contributed by atoms with Gasteiger partial charge in [-0.1, -0.05) is 48.0 Å². The molecule has 4 rings (SSSR count).